The summed E-state index contributed by atoms with van der Waals surface area (Å²) in [6.45, 7) is -0.135. The molecule has 0 spiro atoms. The molecule has 0 bridgehead atoms. The van der Waals surface area contributed by atoms with Gasteiger partial charge in [-0.05, 0) is 17.7 Å². The van der Waals surface area contributed by atoms with Crippen molar-refractivity contribution in [3.8, 4) is 0 Å². The number of rotatable bonds is 5. The molecule has 0 radical (unpaired) electrons. The van der Waals surface area contributed by atoms with E-state index in [9.17, 15) is 17.7 Å². The van der Waals surface area contributed by atoms with E-state index in [0.717, 1.165) is 12.1 Å². The van der Waals surface area contributed by atoms with Crippen LogP contribution in [0.4, 0.5) is 13.2 Å². The van der Waals surface area contributed by atoms with E-state index in [1.54, 1.807) is 0 Å². The largest absolute Gasteiger partial charge is 0.416 e. The number of hydrogen-bond acceptors (Lipinski definition) is 2. The first kappa shape index (κ1) is 15.2. The van der Waals surface area contributed by atoms with Gasteiger partial charge in [-0.15, -0.1) is 0 Å². The fourth-order valence-corrected chi connectivity index (χ4v) is 1.53. The molecule has 1 aromatic carbocycles. The topological polar surface area (TPSA) is 66.8 Å². The Labute approximate surface area is 102 Å². The third-order valence-corrected chi connectivity index (χ3v) is 2.84. The zero-order chi connectivity index (χ0) is 13.8. The van der Waals surface area contributed by atoms with Crippen molar-refractivity contribution in [2.45, 2.75) is 12.8 Å². The number of hydrogen-bond donors (Lipinski definition) is 2. The second-order valence-corrected chi connectivity index (χ2v) is 5.41. The maximum absolute atomic E-state index is 12.2. The maximum atomic E-state index is 12.2. The van der Waals surface area contributed by atoms with Gasteiger partial charge in [-0.25, -0.2) is 0 Å². The summed E-state index contributed by atoms with van der Waals surface area (Å²) in [4.78, 5) is 17.1. The number of ether oxygens (including phenoxy) is 1. The molecule has 0 saturated heterocycles. The Hall–Kier alpha value is -0.880. The Balaban J connectivity index is 2.43. The fourth-order valence-electron chi connectivity index (χ4n) is 1.16. The molecule has 0 saturated carbocycles. The van der Waals surface area contributed by atoms with Crippen molar-refractivity contribution in [2.24, 2.45) is 0 Å². The molecule has 102 valence electrons. The third kappa shape index (κ3) is 5.64. The normalized spacial score (nSPS) is 12.7. The lowest BCUT2D eigenvalue weighted by Gasteiger charge is -2.08. The summed E-state index contributed by atoms with van der Waals surface area (Å²) in [7, 11) is -4.09. The molecule has 18 heavy (non-hydrogen) atoms. The third-order valence-electron chi connectivity index (χ3n) is 2.08. The molecule has 0 fully saturated rings. The first-order valence-electron chi connectivity index (χ1n) is 4.97. The van der Waals surface area contributed by atoms with Crippen LogP contribution >= 0.6 is 7.60 Å². The van der Waals surface area contributed by atoms with Crippen LogP contribution in [-0.4, -0.2) is 22.6 Å². The molecule has 2 N–H and O–H groups in total. The van der Waals surface area contributed by atoms with E-state index < -0.39 is 25.5 Å². The highest BCUT2D eigenvalue weighted by Crippen LogP contribution is 2.33. The highest BCUT2D eigenvalue weighted by atomic mass is 31.2. The first-order chi connectivity index (χ1) is 8.18. The molecular formula is C10H12F3O4P. The minimum absolute atomic E-state index is 0.0120. The molecule has 8 heteroatoms. The molecule has 4 nitrogen and oxygen atoms in total. The van der Waals surface area contributed by atoms with Gasteiger partial charge in [0.15, 0.2) is 0 Å². The van der Waals surface area contributed by atoms with Crippen LogP contribution in [0.5, 0.6) is 0 Å². The van der Waals surface area contributed by atoms with Crippen LogP contribution in [0.2, 0.25) is 0 Å². The first-order valence-corrected chi connectivity index (χ1v) is 6.77. The minimum atomic E-state index is -4.38. The summed E-state index contributed by atoms with van der Waals surface area (Å²) in [5.74, 6) is 0. The van der Waals surface area contributed by atoms with Crippen LogP contribution in [0.3, 0.4) is 0 Å². The van der Waals surface area contributed by atoms with Gasteiger partial charge in [0.05, 0.1) is 24.9 Å². The molecule has 0 aliphatic rings. The van der Waals surface area contributed by atoms with Gasteiger partial charge in [0.1, 0.15) is 0 Å². The summed E-state index contributed by atoms with van der Waals surface area (Å²) in [6, 6.07) is 4.39. The number of alkyl halides is 3. The predicted molar refractivity (Wildman–Crippen MR) is 58.0 cm³/mol. The smallest absolute Gasteiger partial charge is 0.376 e. The Morgan fingerprint density at radius 2 is 1.72 bits per heavy atom. The van der Waals surface area contributed by atoms with Crippen molar-refractivity contribution >= 4 is 7.60 Å². The van der Waals surface area contributed by atoms with Crippen molar-refractivity contribution in [3.63, 3.8) is 0 Å². The zero-order valence-electron chi connectivity index (χ0n) is 9.22. The molecule has 0 aliphatic heterocycles. The van der Waals surface area contributed by atoms with Crippen molar-refractivity contribution < 1.29 is 32.3 Å². The fraction of sp³-hybridized carbons (Fsp3) is 0.400. The van der Waals surface area contributed by atoms with Crippen molar-refractivity contribution in [2.75, 3.05) is 12.8 Å². The summed E-state index contributed by atoms with van der Waals surface area (Å²) in [5, 5.41) is 0. The van der Waals surface area contributed by atoms with Crippen LogP contribution in [0.25, 0.3) is 0 Å². The lowest BCUT2D eigenvalue weighted by atomic mass is 10.1. The van der Waals surface area contributed by atoms with Gasteiger partial charge >= 0.3 is 13.8 Å². The summed E-state index contributed by atoms with van der Waals surface area (Å²) >= 11 is 0. The Morgan fingerprint density at radius 1 is 1.17 bits per heavy atom. The molecule has 1 rings (SSSR count). The highest BCUT2D eigenvalue weighted by Gasteiger charge is 2.29. The van der Waals surface area contributed by atoms with Gasteiger partial charge < -0.3 is 14.5 Å². The minimum Gasteiger partial charge on any atom is -0.376 e. The van der Waals surface area contributed by atoms with Crippen LogP contribution in [0.15, 0.2) is 24.3 Å². The molecular weight excluding hydrogens is 272 g/mol. The highest BCUT2D eigenvalue weighted by molar-refractivity contribution is 7.51. The summed E-state index contributed by atoms with van der Waals surface area (Å²) in [5.41, 5.74) is -0.241. The average Bonchev–Trinajstić information content (AvgIpc) is 2.22. The van der Waals surface area contributed by atoms with E-state index in [1.165, 1.54) is 12.1 Å². The van der Waals surface area contributed by atoms with Gasteiger partial charge in [-0.2, -0.15) is 13.2 Å². The Morgan fingerprint density at radius 3 is 2.17 bits per heavy atom. The molecule has 0 aliphatic carbocycles. The number of benzene rings is 1. The maximum Gasteiger partial charge on any atom is 0.416 e. The van der Waals surface area contributed by atoms with E-state index in [2.05, 4.69) is 0 Å². The lowest BCUT2D eigenvalue weighted by molar-refractivity contribution is -0.137. The zero-order valence-corrected chi connectivity index (χ0v) is 10.1. The Kier molecular flexibility index (Phi) is 4.92. The molecule has 0 amide bonds. The van der Waals surface area contributed by atoms with Crippen molar-refractivity contribution in [1.29, 1.82) is 0 Å². The van der Waals surface area contributed by atoms with Crippen molar-refractivity contribution in [3.05, 3.63) is 35.4 Å². The van der Waals surface area contributed by atoms with Gasteiger partial charge in [0.25, 0.3) is 0 Å². The van der Waals surface area contributed by atoms with Gasteiger partial charge in [0, 0.05) is 0 Å². The van der Waals surface area contributed by atoms with Crippen LogP contribution < -0.4 is 0 Å². The van der Waals surface area contributed by atoms with Gasteiger partial charge in [-0.1, -0.05) is 12.1 Å². The average molecular weight is 284 g/mol. The summed E-state index contributed by atoms with van der Waals surface area (Å²) < 4.78 is 52.2. The van der Waals surface area contributed by atoms with E-state index in [1.807, 2.05) is 0 Å². The van der Waals surface area contributed by atoms with E-state index in [0.29, 0.717) is 5.56 Å². The lowest BCUT2D eigenvalue weighted by Crippen LogP contribution is -2.05. The predicted octanol–water partition coefficient (Wildman–Crippen LogP) is 2.40. The van der Waals surface area contributed by atoms with Gasteiger partial charge in [0.2, 0.25) is 0 Å². The van der Waals surface area contributed by atoms with Crippen LogP contribution in [0, 0.1) is 0 Å². The van der Waals surface area contributed by atoms with Crippen LogP contribution in [0.1, 0.15) is 11.1 Å². The van der Waals surface area contributed by atoms with Gasteiger partial charge in [-0.3, -0.25) is 4.57 Å². The molecule has 0 atom stereocenters. The SMILES string of the molecule is O=P(O)(O)CCOCc1ccc(C(F)(F)F)cc1. The number of halogens is 3. The summed E-state index contributed by atoms with van der Waals surface area (Å²) in [6.07, 6.45) is -4.78. The molecule has 0 heterocycles. The Bertz CT molecular complexity index is 424. The molecule has 0 aromatic heterocycles. The second kappa shape index (κ2) is 5.84. The van der Waals surface area contributed by atoms with E-state index in [4.69, 9.17) is 14.5 Å². The molecule has 1 aromatic rings. The van der Waals surface area contributed by atoms with E-state index in [-0.39, 0.29) is 13.2 Å². The quantitative estimate of drug-likeness (QED) is 0.643. The van der Waals surface area contributed by atoms with E-state index >= 15 is 0 Å². The standard InChI is InChI=1S/C10H12F3O4P/c11-10(12,13)9-3-1-8(2-4-9)7-17-5-6-18(14,15)16/h1-4H,5-7H2,(H2,14,15,16). The van der Waals surface area contributed by atoms with Crippen LogP contribution in [-0.2, 0) is 22.1 Å². The second-order valence-electron chi connectivity index (χ2n) is 3.64. The monoisotopic (exact) mass is 284 g/mol. The van der Waals surface area contributed by atoms with Crippen molar-refractivity contribution in [1.82, 2.24) is 0 Å². The molecule has 0 unspecified atom stereocenters.